The molecule has 3 aliphatic rings. The van der Waals surface area contributed by atoms with Crippen LogP contribution in [0.2, 0.25) is 0 Å². The quantitative estimate of drug-likeness (QED) is 0.612. The van der Waals surface area contributed by atoms with Crippen molar-refractivity contribution in [3.05, 3.63) is 58.4 Å². The smallest absolute Gasteiger partial charge is 0.172 e. The first kappa shape index (κ1) is 17.4. The van der Waals surface area contributed by atoms with Crippen molar-refractivity contribution in [1.82, 2.24) is 0 Å². The molecular formula is C24H29N2S+. The standard InChI is InChI=1S/C24H28N2S/c27-13-12-25-11-8-23-19(4-1-5-22(23)17-25)14-18-15-20-6-2-9-26-10-3-7-21(16-18)24(20)26/h8,11,14-17H,1-7,9-10,12-13H2/p+1. The Morgan fingerprint density at radius 3 is 2.44 bits per heavy atom. The van der Waals surface area contributed by atoms with Crippen LogP contribution in [0, 0.1) is 0 Å². The zero-order valence-electron chi connectivity index (χ0n) is 16.1. The Morgan fingerprint density at radius 1 is 0.963 bits per heavy atom. The van der Waals surface area contributed by atoms with Crippen LogP contribution < -0.4 is 9.47 Å². The number of thiol groups is 1. The second-order valence-electron chi connectivity index (χ2n) is 8.25. The molecule has 0 amide bonds. The van der Waals surface area contributed by atoms with E-state index >= 15 is 0 Å². The number of hydrogen-bond donors (Lipinski definition) is 1. The molecule has 0 radical (unpaired) electrons. The minimum Gasteiger partial charge on any atom is -0.371 e. The van der Waals surface area contributed by atoms with Crippen LogP contribution in [0.3, 0.4) is 0 Å². The van der Waals surface area contributed by atoms with Gasteiger partial charge in [0.25, 0.3) is 0 Å². The molecule has 3 heterocycles. The predicted octanol–water partition coefficient (Wildman–Crippen LogP) is 4.48. The molecule has 2 nitrogen and oxygen atoms in total. The molecule has 0 fully saturated rings. The molecule has 0 spiro atoms. The van der Waals surface area contributed by atoms with Gasteiger partial charge < -0.3 is 4.90 Å². The maximum absolute atomic E-state index is 4.38. The summed E-state index contributed by atoms with van der Waals surface area (Å²) in [5, 5.41) is 0. The summed E-state index contributed by atoms with van der Waals surface area (Å²) in [5.41, 5.74) is 10.6. The third-order valence-corrected chi connectivity index (χ3v) is 6.59. The van der Waals surface area contributed by atoms with Gasteiger partial charge in [0.05, 0.1) is 0 Å². The van der Waals surface area contributed by atoms with Crippen LogP contribution in [0.1, 0.15) is 53.5 Å². The van der Waals surface area contributed by atoms with Crippen molar-refractivity contribution < 1.29 is 4.57 Å². The molecule has 1 aromatic heterocycles. The zero-order valence-corrected chi connectivity index (χ0v) is 17.0. The number of nitrogens with zero attached hydrogens (tertiary/aromatic N) is 2. The summed E-state index contributed by atoms with van der Waals surface area (Å²) in [7, 11) is 0. The Hall–Kier alpha value is -1.74. The first-order valence-corrected chi connectivity index (χ1v) is 11.2. The lowest BCUT2D eigenvalue weighted by atomic mass is 9.86. The second kappa shape index (κ2) is 7.35. The zero-order chi connectivity index (χ0) is 18.2. The van der Waals surface area contributed by atoms with Crippen LogP contribution >= 0.6 is 12.6 Å². The van der Waals surface area contributed by atoms with Crippen LogP contribution in [0.15, 0.2) is 30.6 Å². The summed E-state index contributed by atoms with van der Waals surface area (Å²) >= 11 is 4.38. The van der Waals surface area contributed by atoms with E-state index in [1.165, 1.54) is 80.3 Å². The first-order valence-electron chi connectivity index (χ1n) is 10.6. The Labute approximate surface area is 168 Å². The highest BCUT2D eigenvalue weighted by molar-refractivity contribution is 7.80. The van der Waals surface area contributed by atoms with Gasteiger partial charge in [-0.1, -0.05) is 6.08 Å². The van der Waals surface area contributed by atoms with E-state index in [4.69, 9.17) is 0 Å². The first-order chi connectivity index (χ1) is 13.3. The highest BCUT2D eigenvalue weighted by Gasteiger charge is 2.24. The normalized spacial score (nSPS) is 19.7. The van der Waals surface area contributed by atoms with Gasteiger partial charge in [0.15, 0.2) is 18.9 Å². The molecule has 3 heteroatoms. The van der Waals surface area contributed by atoms with E-state index in [0.717, 1.165) is 12.3 Å². The van der Waals surface area contributed by atoms with Gasteiger partial charge in [-0.15, -0.1) is 0 Å². The summed E-state index contributed by atoms with van der Waals surface area (Å²) in [6, 6.07) is 7.27. The molecule has 0 bridgehead atoms. The van der Waals surface area contributed by atoms with E-state index in [-0.39, 0.29) is 0 Å². The maximum Gasteiger partial charge on any atom is 0.172 e. The number of aryl methyl sites for hydroxylation is 4. The average Bonchev–Trinajstić information content (AvgIpc) is 2.69. The number of anilines is 1. The van der Waals surface area contributed by atoms with Crippen molar-refractivity contribution in [2.45, 2.75) is 51.5 Å². The summed E-state index contributed by atoms with van der Waals surface area (Å²) in [6.45, 7) is 3.49. The number of hydrogen-bond acceptors (Lipinski definition) is 2. The minimum atomic E-state index is 0.890. The lowest BCUT2D eigenvalue weighted by molar-refractivity contribution is -0.692. The van der Waals surface area contributed by atoms with Crippen LogP contribution in [0.5, 0.6) is 0 Å². The van der Waals surface area contributed by atoms with E-state index in [9.17, 15) is 0 Å². The molecular weight excluding hydrogens is 348 g/mol. The number of allylic oxidation sites excluding steroid dienone is 1. The molecule has 140 valence electrons. The van der Waals surface area contributed by atoms with Gasteiger partial charge in [-0.05, 0) is 84.9 Å². The van der Waals surface area contributed by atoms with E-state index < -0.39 is 0 Å². The van der Waals surface area contributed by atoms with Gasteiger partial charge in [-0.2, -0.15) is 12.6 Å². The molecule has 1 aliphatic carbocycles. The highest BCUT2D eigenvalue weighted by atomic mass is 32.1. The van der Waals surface area contributed by atoms with Gasteiger partial charge in [0, 0.05) is 36.2 Å². The third-order valence-electron chi connectivity index (χ3n) is 6.39. The number of rotatable bonds is 3. The third kappa shape index (κ3) is 3.31. The fourth-order valence-electron chi connectivity index (χ4n) is 5.23. The lowest BCUT2D eigenvalue weighted by Crippen LogP contribution is -2.35. The van der Waals surface area contributed by atoms with E-state index in [2.05, 4.69) is 58.8 Å². The number of pyridine rings is 1. The molecule has 0 saturated heterocycles. The summed E-state index contributed by atoms with van der Waals surface area (Å²) in [6.07, 6.45) is 15.8. The van der Waals surface area contributed by atoms with Crippen molar-refractivity contribution in [1.29, 1.82) is 0 Å². The van der Waals surface area contributed by atoms with E-state index in [0.29, 0.717) is 0 Å². The number of aromatic nitrogens is 1. The van der Waals surface area contributed by atoms with Crippen LogP contribution in [-0.2, 0) is 25.8 Å². The van der Waals surface area contributed by atoms with Crippen LogP contribution in [0.25, 0.3) is 11.6 Å². The van der Waals surface area contributed by atoms with Crippen molar-refractivity contribution in [3.63, 3.8) is 0 Å². The number of benzene rings is 1. The molecule has 2 aromatic rings. The maximum atomic E-state index is 4.38. The lowest BCUT2D eigenvalue weighted by Gasteiger charge is -2.37. The van der Waals surface area contributed by atoms with Gasteiger partial charge in [0.1, 0.15) is 0 Å². The van der Waals surface area contributed by atoms with Crippen molar-refractivity contribution in [3.8, 4) is 0 Å². The molecule has 0 N–H and O–H groups in total. The largest absolute Gasteiger partial charge is 0.371 e. The fourth-order valence-corrected chi connectivity index (χ4v) is 5.46. The number of fused-ring (bicyclic) bond motifs is 1. The topological polar surface area (TPSA) is 7.12 Å². The summed E-state index contributed by atoms with van der Waals surface area (Å²) in [5.74, 6) is 0.890. The Balaban J connectivity index is 1.53. The molecule has 1 aromatic carbocycles. The molecule has 5 rings (SSSR count). The predicted molar refractivity (Wildman–Crippen MR) is 117 cm³/mol. The second-order valence-corrected chi connectivity index (χ2v) is 8.70. The highest BCUT2D eigenvalue weighted by Crippen LogP contribution is 2.38. The van der Waals surface area contributed by atoms with Gasteiger partial charge in [-0.3, -0.25) is 0 Å². The molecule has 27 heavy (non-hydrogen) atoms. The van der Waals surface area contributed by atoms with E-state index in [1.54, 1.807) is 16.8 Å². The molecule has 2 aliphatic heterocycles. The van der Waals surface area contributed by atoms with E-state index in [1.807, 2.05) is 0 Å². The van der Waals surface area contributed by atoms with Crippen molar-refractivity contribution in [2.24, 2.45) is 0 Å². The van der Waals surface area contributed by atoms with Crippen LogP contribution in [0.4, 0.5) is 5.69 Å². The summed E-state index contributed by atoms with van der Waals surface area (Å²) < 4.78 is 2.28. The Kier molecular flexibility index (Phi) is 4.73. The van der Waals surface area contributed by atoms with Crippen LogP contribution in [-0.4, -0.2) is 18.8 Å². The Bertz CT molecular complexity index is 868. The average molecular weight is 378 g/mol. The molecule has 0 saturated carbocycles. The van der Waals surface area contributed by atoms with Gasteiger partial charge in [0.2, 0.25) is 0 Å². The SMILES string of the molecule is SCC[n+]1ccc2c(c1)CCCC2=Cc1cc2c3c(c1)CCCN3CCC2. The molecule has 0 unspecified atom stereocenters. The Morgan fingerprint density at radius 2 is 1.70 bits per heavy atom. The van der Waals surface area contributed by atoms with Gasteiger partial charge in [-0.25, -0.2) is 4.57 Å². The van der Waals surface area contributed by atoms with Gasteiger partial charge >= 0.3 is 0 Å². The van der Waals surface area contributed by atoms with Crippen molar-refractivity contribution in [2.75, 3.05) is 23.7 Å². The fraction of sp³-hybridized carbons (Fsp3) is 0.458. The van der Waals surface area contributed by atoms with Crippen molar-refractivity contribution >= 4 is 30.0 Å². The summed E-state index contributed by atoms with van der Waals surface area (Å²) in [4.78, 5) is 2.63. The molecule has 0 atom stereocenters. The minimum absolute atomic E-state index is 0.890. The monoisotopic (exact) mass is 377 g/mol.